The number of rotatable bonds is 6. The molecule has 2 N–H and O–H groups in total. The Morgan fingerprint density at radius 1 is 1.21 bits per heavy atom. The fourth-order valence-electron chi connectivity index (χ4n) is 2.66. The monoisotopic (exact) mass is 322 g/mol. The zero-order chi connectivity index (χ0) is 16.9. The molecule has 0 radical (unpaired) electrons. The number of fused-ring (bicyclic) bond motifs is 1. The Kier molecular flexibility index (Phi) is 4.61. The van der Waals surface area contributed by atoms with Gasteiger partial charge >= 0.3 is 0 Å². The van der Waals surface area contributed by atoms with E-state index in [1.807, 2.05) is 30.5 Å². The van der Waals surface area contributed by atoms with E-state index in [1.165, 1.54) is 0 Å². The Morgan fingerprint density at radius 2 is 1.96 bits per heavy atom. The van der Waals surface area contributed by atoms with E-state index < -0.39 is 6.04 Å². The topological polar surface area (TPSA) is 71.2 Å². The average molecular weight is 322 g/mol. The molecule has 0 saturated heterocycles. The van der Waals surface area contributed by atoms with Crippen LogP contribution in [0.15, 0.2) is 54.7 Å². The van der Waals surface area contributed by atoms with Crippen LogP contribution in [0.5, 0.6) is 5.75 Å². The minimum Gasteiger partial charge on any atom is -0.497 e. The number of nitrogens with one attached hydrogen (secondary N) is 2. The Morgan fingerprint density at radius 3 is 2.67 bits per heavy atom. The predicted octanol–water partition coefficient (Wildman–Crippen LogP) is 2.72. The molecular weight excluding hydrogens is 304 g/mol. The van der Waals surface area contributed by atoms with E-state index in [-0.39, 0.29) is 5.91 Å². The van der Waals surface area contributed by atoms with Crippen LogP contribution in [0, 0.1) is 0 Å². The number of hydrogen-bond donors (Lipinski definition) is 2. The van der Waals surface area contributed by atoms with Gasteiger partial charge in [0.2, 0.25) is 0 Å². The van der Waals surface area contributed by atoms with Crippen molar-refractivity contribution in [1.29, 1.82) is 0 Å². The molecule has 0 spiro atoms. The molecule has 1 heterocycles. The van der Waals surface area contributed by atoms with Gasteiger partial charge in [0.25, 0.3) is 5.91 Å². The molecule has 0 bridgehead atoms. The fraction of sp³-hybridized carbons (Fsp3) is 0.158. The summed E-state index contributed by atoms with van der Waals surface area (Å²) in [5, 5.41) is 3.82. The third-order valence-electron chi connectivity index (χ3n) is 3.95. The molecule has 5 nitrogen and oxygen atoms in total. The van der Waals surface area contributed by atoms with Crippen LogP contribution in [0.25, 0.3) is 10.9 Å². The second kappa shape index (κ2) is 7.00. The smallest absolute Gasteiger partial charge is 0.251 e. The second-order valence-electron chi connectivity index (χ2n) is 5.51. The summed E-state index contributed by atoms with van der Waals surface area (Å²) in [7, 11) is 1.57. The number of hydrogen-bond acceptors (Lipinski definition) is 3. The van der Waals surface area contributed by atoms with E-state index in [4.69, 9.17) is 4.74 Å². The molecule has 0 aliphatic carbocycles. The lowest BCUT2D eigenvalue weighted by Gasteiger charge is -2.12. The maximum Gasteiger partial charge on any atom is 0.251 e. The molecule has 1 atom stereocenters. The minimum atomic E-state index is -0.584. The lowest BCUT2D eigenvalue weighted by molar-refractivity contribution is -0.109. The fourth-order valence-corrected chi connectivity index (χ4v) is 2.66. The molecule has 3 aromatic rings. The van der Waals surface area contributed by atoms with Gasteiger partial charge in [0, 0.05) is 29.1 Å². The zero-order valence-electron chi connectivity index (χ0n) is 13.3. The van der Waals surface area contributed by atoms with Gasteiger partial charge in [-0.1, -0.05) is 18.2 Å². The number of H-pyrrole nitrogens is 1. The Hall–Kier alpha value is -3.08. The van der Waals surface area contributed by atoms with Crippen LogP contribution in [0.2, 0.25) is 0 Å². The lowest BCUT2D eigenvalue weighted by Crippen LogP contribution is -2.37. The first-order valence-electron chi connectivity index (χ1n) is 7.66. The highest BCUT2D eigenvalue weighted by atomic mass is 16.5. The maximum atomic E-state index is 12.3. The standard InChI is InChI=1S/C19H18N2O3/c1-24-16-8-6-13(7-9-16)19(23)21-15(12-22)10-14-11-20-18-5-3-2-4-17(14)18/h2-9,11-12,15,20H,10H2,1H3,(H,21,23)/t15-/m0/s1. The summed E-state index contributed by atoms with van der Waals surface area (Å²) >= 11 is 0. The van der Waals surface area contributed by atoms with Crippen LogP contribution in [0.4, 0.5) is 0 Å². The van der Waals surface area contributed by atoms with Crippen LogP contribution < -0.4 is 10.1 Å². The van der Waals surface area contributed by atoms with Crippen molar-refractivity contribution in [2.75, 3.05) is 7.11 Å². The molecule has 1 aromatic heterocycles. The first-order chi connectivity index (χ1) is 11.7. The molecule has 3 rings (SSSR count). The first-order valence-corrected chi connectivity index (χ1v) is 7.66. The van der Waals surface area contributed by atoms with E-state index in [0.29, 0.717) is 17.7 Å². The highest BCUT2D eigenvalue weighted by Gasteiger charge is 2.15. The van der Waals surface area contributed by atoms with Crippen molar-refractivity contribution in [1.82, 2.24) is 10.3 Å². The van der Waals surface area contributed by atoms with Crippen molar-refractivity contribution in [2.24, 2.45) is 0 Å². The number of para-hydroxylation sites is 1. The summed E-state index contributed by atoms with van der Waals surface area (Å²) in [5.74, 6) is 0.395. The van der Waals surface area contributed by atoms with Crippen LogP contribution in [0.3, 0.4) is 0 Å². The van der Waals surface area contributed by atoms with E-state index in [1.54, 1.807) is 31.4 Å². The highest BCUT2D eigenvalue weighted by molar-refractivity contribution is 5.96. The molecule has 122 valence electrons. The first kappa shape index (κ1) is 15.8. The average Bonchev–Trinajstić information content (AvgIpc) is 3.04. The van der Waals surface area contributed by atoms with Crippen molar-refractivity contribution in [3.63, 3.8) is 0 Å². The summed E-state index contributed by atoms with van der Waals surface area (Å²) in [5.41, 5.74) is 2.50. The van der Waals surface area contributed by atoms with Crippen molar-refractivity contribution in [2.45, 2.75) is 12.5 Å². The quantitative estimate of drug-likeness (QED) is 0.686. The van der Waals surface area contributed by atoms with E-state index in [9.17, 15) is 9.59 Å². The molecule has 5 heteroatoms. The molecule has 2 aromatic carbocycles. The lowest BCUT2D eigenvalue weighted by atomic mass is 10.1. The number of amides is 1. The van der Waals surface area contributed by atoms with Gasteiger partial charge in [-0.2, -0.15) is 0 Å². The molecule has 0 saturated carbocycles. The number of ether oxygens (including phenoxy) is 1. The summed E-state index contributed by atoms with van der Waals surface area (Å²) in [6, 6.07) is 14.0. The van der Waals surface area contributed by atoms with E-state index in [2.05, 4.69) is 10.3 Å². The summed E-state index contributed by atoms with van der Waals surface area (Å²) in [6.07, 6.45) is 3.08. The van der Waals surface area contributed by atoms with E-state index >= 15 is 0 Å². The number of benzene rings is 2. The van der Waals surface area contributed by atoms with Crippen LogP contribution in [-0.4, -0.2) is 30.3 Å². The van der Waals surface area contributed by atoms with E-state index in [0.717, 1.165) is 22.8 Å². The number of aromatic nitrogens is 1. The summed E-state index contributed by atoms with van der Waals surface area (Å²) < 4.78 is 5.07. The molecular formula is C19H18N2O3. The normalized spacial score (nSPS) is 11.9. The summed E-state index contributed by atoms with van der Waals surface area (Å²) in [4.78, 5) is 26.8. The highest BCUT2D eigenvalue weighted by Crippen LogP contribution is 2.19. The van der Waals surface area contributed by atoms with Gasteiger partial charge < -0.3 is 19.8 Å². The molecule has 0 fully saturated rings. The molecule has 1 amide bonds. The third kappa shape index (κ3) is 3.30. The number of aldehydes is 1. The molecule has 0 unspecified atom stereocenters. The zero-order valence-corrected chi connectivity index (χ0v) is 13.3. The molecule has 0 aliphatic rings. The SMILES string of the molecule is COc1ccc(C(=O)N[C@H](C=O)Cc2c[nH]c3ccccc23)cc1. The summed E-state index contributed by atoms with van der Waals surface area (Å²) in [6.45, 7) is 0. The van der Waals surface area contributed by atoms with Gasteiger partial charge in [-0.15, -0.1) is 0 Å². The Labute approximate surface area is 139 Å². The number of methoxy groups -OCH3 is 1. The van der Waals surface area contributed by atoms with Crippen molar-refractivity contribution in [3.05, 3.63) is 65.9 Å². The Bertz CT molecular complexity index is 852. The van der Waals surface area contributed by atoms with Crippen LogP contribution in [0.1, 0.15) is 15.9 Å². The van der Waals surface area contributed by atoms with Crippen molar-refractivity contribution in [3.8, 4) is 5.75 Å². The van der Waals surface area contributed by atoms with Crippen molar-refractivity contribution >= 4 is 23.1 Å². The van der Waals surface area contributed by atoms with Gasteiger partial charge in [-0.05, 0) is 35.9 Å². The van der Waals surface area contributed by atoms with Crippen LogP contribution >= 0.6 is 0 Å². The number of aromatic amines is 1. The van der Waals surface area contributed by atoms with Gasteiger partial charge in [0.15, 0.2) is 0 Å². The number of carbonyl (C=O) groups excluding carboxylic acids is 2. The van der Waals surface area contributed by atoms with Gasteiger partial charge in [-0.3, -0.25) is 4.79 Å². The minimum absolute atomic E-state index is 0.283. The maximum absolute atomic E-state index is 12.3. The van der Waals surface area contributed by atoms with Gasteiger partial charge in [0.05, 0.1) is 13.2 Å². The third-order valence-corrected chi connectivity index (χ3v) is 3.95. The largest absolute Gasteiger partial charge is 0.497 e. The second-order valence-corrected chi connectivity index (χ2v) is 5.51. The van der Waals surface area contributed by atoms with Gasteiger partial charge in [0.1, 0.15) is 12.0 Å². The molecule has 24 heavy (non-hydrogen) atoms. The Balaban J connectivity index is 1.72. The van der Waals surface area contributed by atoms with Crippen LogP contribution in [-0.2, 0) is 11.2 Å². The molecule has 0 aliphatic heterocycles. The van der Waals surface area contributed by atoms with Gasteiger partial charge in [-0.25, -0.2) is 0 Å². The number of carbonyl (C=O) groups is 2. The van der Waals surface area contributed by atoms with Crippen molar-refractivity contribution < 1.29 is 14.3 Å². The predicted molar refractivity (Wildman–Crippen MR) is 92.3 cm³/mol.